The predicted octanol–water partition coefficient (Wildman–Crippen LogP) is 3.34. The van der Waals surface area contributed by atoms with Gasteiger partial charge in [0.1, 0.15) is 11.9 Å². The number of hydrogen-bond acceptors (Lipinski definition) is 2. The Kier molecular flexibility index (Phi) is 4.05. The highest BCUT2D eigenvalue weighted by atomic mass is 79.9. The maximum Gasteiger partial charge on any atom is 0.134 e. The van der Waals surface area contributed by atoms with Crippen LogP contribution in [0.3, 0.4) is 0 Å². The summed E-state index contributed by atoms with van der Waals surface area (Å²) in [4.78, 5) is 0. The van der Waals surface area contributed by atoms with Crippen LogP contribution in [-0.4, -0.2) is 19.2 Å². The molecular formula is C11H13Br2NO. The second kappa shape index (κ2) is 5.32. The highest BCUT2D eigenvalue weighted by Crippen LogP contribution is 2.29. The Morgan fingerprint density at radius 1 is 1.33 bits per heavy atom. The van der Waals surface area contributed by atoms with Gasteiger partial charge in [-0.2, -0.15) is 0 Å². The van der Waals surface area contributed by atoms with Crippen molar-refractivity contribution in [2.45, 2.75) is 18.9 Å². The number of benzene rings is 1. The van der Waals surface area contributed by atoms with Gasteiger partial charge in [-0.05, 0) is 53.5 Å². The maximum atomic E-state index is 5.91. The van der Waals surface area contributed by atoms with Gasteiger partial charge in [-0.25, -0.2) is 0 Å². The van der Waals surface area contributed by atoms with Gasteiger partial charge in [-0.3, -0.25) is 0 Å². The first kappa shape index (κ1) is 11.4. The van der Waals surface area contributed by atoms with Gasteiger partial charge in [0, 0.05) is 11.0 Å². The molecule has 15 heavy (non-hydrogen) atoms. The lowest BCUT2D eigenvalue weighted by Crippen LogP contribution is -2.37. The number of ether oxygens (including phenoxy) is 1. The molecule has 82 valence electrons. The van der Waals surface area contributed by atoms with Crippen LogP contribution in [0, 0.1) is 0 Å². The minimum absolute atomic E-state index is 0.302. The molecule has 0 radical (unpaired) electrons. The van der Waals surface area contributed by atoms with Gasteiger partial charge in [-0.15, -0.1) is 0 Å². The minimum Gasteiger partial charge on any atom is -0.488 e. The number of piperidine rings is 1. The molecule has 0 aromatic heterocycles. The summed E-state index contributed by atoms with van der Waals surface area (Å²) in [5.74, 6) is 0.923. The summed E-state index contributed by atoms with van der Waals surface area (Å²) < 4.78 is 7.97. The van der Waals surface area contributed by atoms with Crippen molar-refractivity contribution in [1.82, 2.24) is 5.32 Å². The lowest BCUT2D eigenvalue weighted by atomic mass is 10.1. The van der Waals surface area contributed by atoms with E-state index < -0.39 is 0 Å². The van der Waals surface area contributed by atoms with Gasteiger partial charge in [0.15, 0.2) is 0 Å². The molecule has 1 saturated heterocycles. The fourth-order valence-corrected chi connectivity index (χ4v) is 2.81. The van der Waals surface area contributed by atoms with E-state index in [0.29, 0.717) is 6.10 Å². The summed E-state index contributed by atoms with van der Waals surface area (Å²) in [6.07, 6.45) is 2.63. The van der Waals surface area contributed by atoms with Gasteiger partial charge < -0.3 is 10.1 Å². The monoisotopic (exact) mass is 333 g/mol. The average Bonchev–Trinajstić information content (AvgIpc) is 2.24. The summed E-state index contributed by atoms with van der Waals surface area (Å²) >= 11 is 6.92. The molecule has 1 unspecified atom stereocenters. The largest absolute Gasteiger partial charge is 0.488 e. The van der Waals surface area contributed by atoms with E-state index in [1.165, 1.54) is 6.42 Å². The fourth-order valence-electron chi connectivity index (χ4n) is 1.67. The molecule has 4 heteroatoms. The van der Waals surface area contributed by atoms with Gasteiger partial charge in [0.05, 0.1) is 4.47 Å². The third-order valence-corrected chi connectivity index (χ3v) is 3.55. The highest BCUT2D eigenvalue weighted by molar-refractivity contribution is 9.11. The first-order chi connectivity index (χ1) is 7.25. The molecule has 1 N–H and O–H groups in total. The van der Waals surface area contributed by atoms with Gasteiger partial charge >= 0.3 is 0 Å². The van der Waals surface area contributed by atoms with E-state index in [-0.39, 0.29) is 0 Å². The molecule has 0 aliphatic carbocycles. The SMILES string of the molecule is Brc1ccc(OC2CCCNC2)c(Br)c1. The third-order valence-electron chi connectivity index (χ3n) is 2.44. The predicted molar refractivity (Wildman–Crippen MR) is 68.4 cm³/mol. The second-order valence-corrected chi connectivity index (χ2v) is 5.43. The molecule has 1 aliphatic heterocycles. The van der Waals surface area contributed by atoms with Crippen LogP contribution in [0.25, 0.3) is 0 Å². The number of halogens is 2. The van der Waals surface area contributed by atoms with E-state index in [1.807, 2.05) is 18.2 Å². The molecule has 0 amide bonds. The topological polar surface area (TPSA) is 21.3 Å². The van der Waals surface area contributed by atoms with E-state index >= 15 is 0 Å². The van der Waals surface area contributed by atoms with Crippen LogP contribution in [0.2, 0.25) is 0 Å². The zero-order chi connectivity index (χ0) is 10.7. The van der Waals surface area contributed by atoms with E-state index in [4.69, 9.17) is 4.74 Å². The number of rotatable bonds is 2. The standard InChI is InChI=1S/C11H13Br2NO/c12-8-3-4-11(10(13)6-8)15-9-2-1-5-14-7-9/h3-4,6,9,14H,1-2,5,7H2. The maximum absolute atomic E-state index is 5.91. The molecule has 0 bridgehead atoms. The molecule has 0 saturated carbocycles. The molecule has 1 aromatic carbocycles. The Labute approximate surface area is 107 Å². The fraction of sp³-hybridized carbons (Fsp3) is 0.455. The normalized spacial score (nSPS) is 21.3. The van der Waals surface area contributed by atoms with Gasteiger partial charge in [0.25, 0.3) is 0 Å². The summed E-state index contributed by atoms with van der Waals surface area (Å²) in [5, 5.41) is 3.34. The van der Waals surface area contributed by atoms with Crippen molar-refractivity contribution in [3.63, 3.8) is 0 Å². The van der Waals surface area contributed by atoms with Crippen LogP contribution in [-0.2, 0) is 0 Å². The summed E-state index contributed by atoms with van der Waals surface area (Å²) in [7, 11) is 0. The van der Waals surface area contributed by atoms with Crippen molar-refractivity contribution in [3.05, 3.63) is 27.1 Å². The Morgan fingerprint density at radius 2 is 2.20 bits per heavy atom. The summed E-state index contributed by atoms with van der Waals surface area (Å²) in [6, 6.07) is 5.99. The smallest absolute Gasteiger partial charge is 0.134 e. The highest BCUT2D eigenvalue weighted by Gasteiger charge is 2.15. The molecular weight excluding hydrogens is 322 g/mol. The summed E-state index contributed by atoms with van der Waals surface area (Å²) in [5.41, 5.74) is 0. The zero-order valence-electron chi connectivity index (χ0n) is 8.30. The van der Waals surface area contributed by atoms with Crippen molar-refractivity contribution in [2.24, 2.45) is 0 Å². The van der Waals surface area contributed by atoms with Crippen LogP contribution in [0.1, 0.15) is 12.8 Å². The van der Waals surface area contributed by atoms with Crippen molar-refractivity contribution < 1.29 is 4.74 Å². The van der Waals surface area contributed by atoms with Crippen molar-refractivity contribution in [1.29, 1.82) is 0 Å². The van der Waals surface area contributed by atoms with Crippen LogP contribution in [0.15, 0.2) is 27.1 Å². The van der Waals surface area contributed by atoms with Crippen molar-refractivity contribution >= 4 is 31.9 Å². The van der Waals surface area contributed by atoms with Crippen LogP contribution < -0.4 is 10.1 Å². The minimum atomic E-state index is 0.302. The number of nitrogens with one attached hydrogen (secondary N) is 1. The quantitative estimate of drug-likeness (QED) is 0.895. The van der Waals surface area contributed by atoms with E-state index in [0.717, 1.165) is 34.2 Å². The Hall–Kier alpha value is -0.0600. The molecule has 1 aliphatic rings. The van der Waals surface area contributed by atoms with Gasteiger partial charge in [0.2, 0.25) is 0 Å². The average molecular weight is 335 g/mol. The lowest BCUT2D eigenvalue weighted by molar-refractivity contribution is 0.166. The second-order valence-electron chi connectivity index (χ2n) is 3.66. The van der Waals surface area contributed by atoms with Crippen molar-refractivity contribution in [3.8, 4) is 5.75 Å². The molecule has 2 nitrogen and oxygen atoms in total. The molecule has 0 spiro atoms. The molecule has 1 aromatic rings. The zero-order valence-corrected chi connectivity index (χ0v) is 11.5. The summed E-state index contributed by atoms with van der Waals surface area (Å²) in [6.45, 7) is 2.06. The van der Waals surface area contributed by atoms with E-state index in [1.54, 1.807) is 0 Å². The third kappa shape index (κ3) is 3.20. The first-order valence-corrected chi connectivity index (χ1v) is 6.67. The Bertz CT molecular complexity index is 337. The Morgan fingerprint density at radius 3 is 2.87 bits per heavy atom. The molecule has 1 fully saturated rings. The van der Waals surface area contributed by atoms with Crippen LogP contribution in [0.4, 0.5) is 0 Å². The van der Waals surface area contributed by atoms with Crippen LogP contribution >= 0.6 is 31.9 Å². The molecule has 1 heterocycles. The van der Waals surface area contributed by atoms with Crippen molar-refractivity contribution in [2.75, 3.05) is 13.1 Å². The van der Waals surface area contributed by atoms with E-state index in [2.05, 4.69) is 37.2 Å². The molecule has 1 atom stereocenters. The Balaban J connectivity index is 2.03. The van der Waals surface area contributed by atoms with Gasteiger partial charge in [-0.1, -0.05) is 15.9 Å². The van der Waals surface area contributed by atoms with E-state index in [9.17, 15) is 0 Å². The molecule has 2 rings (SSSR count). The van der Waals surface area contributed by atoms with Crippen LogP contribution in [0.5, 0.6) is 5.75 Å². The first-order valence-electron chi connectivity index (χ1n) is 5.08. The number of hydrogen-bond donors (Lipinski definition) is 1. The lowest BCUT2D eigenvalue weighted by Gasteiger charge is -2.24.